The second-order valence-corrected chi connectivity index (χ2v) is 8.00. The highest BCUT2D eigenvalue weighted by Crippen LogP contribution is 2.32. The summed E-state index contributed by atoms with van der Waals surface area (Å²) in [5, 5.41) is 8.45. The normalized spacial score (nSPS) is 11.1. The van der Waals surface area contributed by atoms with Gasteiger partial charge in [0.1, 0.15) is 5.82 Å². The first-order chi connectivity index (χ1) is 15.9. The van der Waals surface area contributed by atoms with E-state index in [0.29, 0.717) is 23.6 Å². The highest BCUT2D eigenvalue weighted by Gasteiger charge is 2.20. The molecule has 0 fully saturated rings. The molecule has 6 nitrogen and oxygen atoms in total. The highest BCUT2D eigenvalue weighted by atomic mass is 19.1. The molecule has 4 aromatic rings. The van der Waals surface area contributed by atoms with Gasteiger partial charge in [-0.1, -0.05) is 25.1 Å². The largest absolute Gasteiger partial charge is 0.481 e. The van der Waals surface area contributed by atoms with Crippen molar-refractivity contribution in [1.82, 2.24) is 14.8 Å². The van der Waals surface area contributed by atoms with Crippen LogP contribution in [0.5, 0.6) is 5.88 Å². The molecule has 0 aliphatic heterocycles. The minimum atomic E-state index is -0.343. The number of nitrogens with zero attached hydrogens (tertiary/aromatic N) is 3. The molecule has 0 atom stereocenters. The predicted octanol–water partition coefficient (Wildman–Crippen LogP) is 5.32. The van der Waals surface area contributed by atoms with Gasteiger partial charge in [-0.3, -0.25) is 4.79 Å². The van der Waals surface area contributed by atoms with E-state index < -0.39 is 0 Å². The van der Waals surface area contributed by atoms with Crippen LogP contribution in [0.2, 0.25) is 0 Å². The van der Waals surface area contributed by atoms with Crippen LogP contribution in [0.3, 0.4) is 0 Å². The predicted molar refractivity (Wildman–Crippen MR) is 128 cm³/mol. The van der Waals surface area contributed by atoms with Gasteiger partial charge in [0.15, 0.2) is 5.65 Å². The van der Waals surface area contributed by atoms with Crippen LogP contribution in [0.1, 0.15) is 35.7 Å². The van der Waals surface area contributed by atoms with Crippen LogP contribution >= 0.6 is 0 Å². The van der Waals surface area contributed by atoms with Gasteiger partial charge in [-0.25, -0.2) is 9.07 Å². The lowest BCUT2D eigenvalue weighted by atomic mass is 10.0. The van der Waals surface area contributed by atoms with Crippen molar-refractivity contribution in [2.24, 2.45) is 0 Å². The van der Waals surface area contributed by atoms with Crippen LogP contribution in [-0.2, 0) is 17.6 Å². The summed E-state index contributed by atoms with van der Waals surface area (Å²) in [4.78, 5) is 17.3. The molecule has 2 aromatic carbocycles. The van der Waals surface area contributed by atoms with E-state index in [9.17, 15) is 9.18 Å². The molecule has 0 radical (unpaired) electrons. The summed E-state index contributed by atoms with van der Waals surface area (Å²) in [6, 6.07) is 14.1. The Labute approximate surface area is 192 Å². The van der Waals surface area contributed by atoms with Gasteiger partial charge in [-0.05, 0) is 68.1 Å². The van der Waals surface area contributed by atoms with Crippen LogP contribution in [0.15, 0.2) is 48.5 Å². The Kier molecular flexibility index (Phi) is 6.40. The van der Waals surface area contributed by atoms with Crippen molar-refractivity contribution in [2.75, 3.05) is 12.4 Å². The van der Waals surface area contributed by atoms with E-state index in [-0.39, 0.29) is 18.1 Å². The molecule has 0 spiro atoms. The Hall–Kier alpha value is -3.74. The molecule has 2 heterocycles. The third kappa shape index (κ3) is 4.58. The number of nitrogens with one attached hydrogen (secondary N) is 1. The van der Waals surface area contributed by atoms with Gasteiger partial charge in [-0.2, -0.15) is 10.1 Å². The van der Waals surface area contributed by atoms with Crippen molar-refractivity contribution >= 4 is 22.6 Å². The lowest BCUT2D eigenvalue weighted by Crippen LogP contribution is -2.13. The number of aryl methyl sites for hydroxylation is 3. The van der Waals surface area contributed by atoms with Crippen molar-refractivity contribution in [3.63, 3.8) is 0 Å². The highest BCUT2D eigenvalue weighted by molar-refractivity contribution is 5.91. The molecule has 0 unspecified atom stereocenters. The Balaban J connectivity index is 1.63. The summed E-state index contributed by atoms with van der Waals surface area (Å²) in [6.07, 6.45) is 1.67. The smallest absolute Gasteiger partial charge is 0.224 e. The van der Waals surface area contributed by atoms with Crippen molar-refractivity contribution in [3.05, 3.63) is 76.7 Å². The Morgan fingerprint density at radius 3 is 2.67 bits per heavy atom. The van der Waals surface area contributed by atoms with Crippen molar-refractivity contribution in [1.29, 1.82) is 0 Å². The standard InChI is InChI=1S/C26H27FN4O2/c1-5-18-8-6-10-20(14-18)28-23(32)13-12-22-16(2)24-17(3)30-31(25(24)29-26(22)33-4)21-11-7-9-19(27)15-21/h6-11,14-15H,5,12-13H2,1-4H3,(H,28,32). The van der Waals surface area contributed by atoms with Gasteiger partial charge in [0.05, 0.1) is 18.5 Å². The maximum absolute atomic E-state index is 13.8. The molecule has 0 bridgehead atoms. The number of ether oxygens (including phenoxy) is 1. The quantitative estimate of drug-likeness (QED) is 0.417. The number of pyridine rings is 1. The summed E-state index contributed by atoms with van der Waals surface area (Å²) >= 11 is 0. The van der Waals surface area contributed by atoms with E-state index in [2.05, 4.69) is 17.3 Å². The topological polar surface area (TPSA) is 69.0 Å². The number of halogens is 1. The zero-order chi connectivity index (χ0) is 23.5. The van der Waals surface area contributed by atoms with Crippen molar-refractivity contribution in [2.45, 2.75) is 40.0 Å². The van der Waals surface area contributed by atoms with Gasteiger partial charge >= 0.3 is 0 Å². The molecule has 170 valence electrons. The van der Waals surface area contributed by atoms with Gasteiger partial charge < -0.3 is 10.1 Å². The molecule has 0 aliphatic rings. The molecule has 1 amide bonds. The van der Waals surface area contributed by atoms with E-state index in [1.165, 1.54) is 17.7 Å². The number of carbonyl (C=O) groups is 1. The average molecular weight is 447 g/mol. The summed E-state index contributed by atoms with van der Waals surface area (Å²) in [7, 11) is 1.56. The molecular weight excluding hydrogens is 419 g/mol. The van der Waals surface area contributed by atoms with E-state index in [0.717, 1.165) is 34.3 Å². The first-order valence-electron chi connectivity index (χ1n) is 11.0. The zero-order valence-corrected chi connectivity index (χ0v) is 19.3. The number of benzene rings is 2. The third-order valence-corrected chi connectivity index (χ3v) is 5.80. The first kappa shape index (κ1) is 22.5. The van der Waals surface area contributed by atoms with Crippen LogP contribution in [0.4, 0.5) is 10.1 Å². The number of aromatic nitrogens is 3. The van der Waals surface area contributed by atoms with Crippen LogP contribution < -0.4 is 10.1 Å². The maximum Gasteiger partial charge on any atom is 0.224 e. The summed E-state index contributed by atoms with van der Waals surface area (Å²) < 4.78 is 21.0. The molecule has 1 N–H and O–H groups in total. The fraction of sp³-hybridized carbons (Fsp3) is 0.269. The van der Waals surface area contributed by atoms with E-state index in [1.807, 2.05) is 38.1 Å². The number of methoxy groups -OCH3 is 1. The molecule has 4 rings (SSSR count). The minimum Gasteiger partial charge on any atom is -0.481 e. The second-order valence-electron chi connectivity index (χ2n) is 8.00. The number of hydrogen-bond donors (Lipinski definition) is 1. The molecule has 2 aromatic heterocycles. The van der Waals surface area contributed by atoms with Gasteiger partial charge in [0, 0.05) is 23.1 Å². The second kappa shape index (κ2) is 9.40. The SMILES string of the molecule is CCc1cccc(NC(=O)CCc2c(OC)nc3c(c(C)nn3-c3cccc(F)c3)c2C)c1. The molecule has 33 heavy (non-hydrogen) atoms. The van der Waals surface area contributed by atoms with E-state index in [1.54, 1.807) is 23.9 Å². The molecule has 0 saturated heterocycles. The number of fused-ring (bicyclic) bond motifs is 1. The number of hydrogen-bond acceptors (Lipinski definition) is 4. The van der Waals surface area contributed by atoms with Gasteiger partial charge in [0.2, 0.25) is 11.8 Å². The average Bonchev–Trinajstić information content (AvgIpc) is 3.14. The Morgan fingerprint density at radius 1 is 1.15 bits per heavy atom. The van der Waals surface area contributed by atoms with E-state index >= 15 is 0 Å². The first-order valence-corrected chi connectivity index (χ1v) is 11.0. The molecule has 0 saturated carbocycles. The molecular formula is C26H27FN4O2. The van der Waals surface area contributed by atoms with E-state index in [4.69, 9.17) is 9.72 Å². The van der Waals surface area contributed by atoms with Gasteiger partial charge in [-0.15, -0.1) is 0 Å². The lowest BCUT2D eigenvalue weighted by Gasteiger charge is -2.13. The third-order valence-electron chi connectivity index (χ3n) is 5.80. The number of anilines is 1. The van der Waals surface area contributed by atoms with Crippen LogP contribution in [0.25, 0.3) is 16.7 Å². The van der Waals surface area contributed by atoms with Crippen molar-refractivity contribution < 1.29 is 13.9 Å². The van der Waals surface area contributed by atoms with Gasteiger partial charge in [0.25, 0.3) is 0 Å². The minimum absolute atomic E-state index is 0.0722. The lowest BCUT2D eigenvalue weighted by molar-refractivity contribution is -0.116. The molecule has 0 aliphatic carbocycles. The van der Waals surface area contributed by atoms with Crippen molar-refractivity contribution in [3.8, 4) is 11.6 Å². The number of carbonyl (C=O) groups excluding carboxylic acids is 1. The Bertz CT molecular complexity index is 1330. The fourth-order valence-corrected chi connectivity index (χ4v) is 4.11. The number of rotatable bonds is 7. The monoisotopic (exact) mass is 446 g/mol. The Morgan fingerprint density at radius 2 is 1.94 bits per heavy atom. The summed E-state index contributed by atoms with van der Waals surface area (Å²) in [5.74, 6) is 0.0277. The fourth-order valence-electron chi connectivity index (χ4n) is 4.11. The van der Waals surface area contributed by atoms with Crippen LogP contribution in [0, 0.1) is 19.7 Å². The molecule has 7 heteroatoms. The number of amides is 1. The summed E-state index contributed by atoms with van der Waals surface area (Å²) in [6.45, 7) is 5.96. The van der Waals surface area contributed by atoms with Crippen LogP contribution in [-0.4, -0.2) is 27.8 Å². The summed E-state index contributed by atoms with van der Waals surface area (Å²) in [5.41, 5.74) is 5.75. The zero-order valence-electron chi connectivity index (χ0n) is 19.3. The maximum atomic E-state index is 13.8.